The van der Waals surface area contributed by atoms with Crippen molar-refractivity contribution in [3.8, 4) is 11.5 Å². The van der Waals surface area contributed by atoms with E-state index < -0.39 is 0 Å². The third-order valence-electron chi connectivity index (χ3n) is 8.25. The average Bonchev–Trinajstić information content (AvgIpc) is 3.65. The number of nitrogens with one attached hydrogen (secondary N) is 1. The van der Waals surface area contributed by atoms with Crippen LogP contribution in [0.4, 0.5) is 0 Å². The number of ether oxygens (including phenoxy) is 2. The zero-order valence-corrected chi connectivity index (χ0v) is 19.9. The second-order valence-electron chi connectivity index (χ2n) is 10.3. The van der Waals surface area contributed by atoms with Crippen molar-refractivity contribution in [2.24, 2.45) is 0 Å². The zero-order valence-electron chi connectivity index (χ0n) is 19.9. The van der Waals surface area contributed by atoms with Gasteiger partial charge in [0.1, 0.15) is 19.3 Å². The number of piperazine rings is 1. The molecule has 0 amide bonds. The lowest BCUT2D eigenvalue weighted by molar-refractivity contribution is 0.0783. The number of aromatic amines is 1. The predicted molar refractivity (Wildman–Crippen MR) is 129 cm³/mol. The van der Waals surface area contributed by atoms with E-state index in [4.69, 9.17) is 9.47 Å². The van der Waals surface area contributed by atoms with E-state index >= 15 is 0 Å². The highest BCUT2D eigenvalue weighted by molar-refractivity contribution is 5.83. The van der Waals surface area contributed by atoms with E-state index in [1.165, 1.54) is 32.2 Å². The Labute approximate surface area is 203 Å². The SMILES string of the molecule is O=c1[nH]c2cc3c(cc2cc1C(c1nnnn1C1CCCC1)N1CCN2CCCC2C1)OCCO3. The highest BCUT2D eigenvalue weighted by atomic mass is 16.6. The summed E-state index contributed by atoms with van der Waals surface area (Å²) in [5, 5.41) is 14.0. The Bertz CT molecular complexity index is 1300. The minimum Gasteiger partial charge on any atom is -0.486 e. The molecule has 3 aromatic rings. The minimum absolute atomic E-state index is 0.103. The van der Waals surface area contributed by atoms with E-state index in [1.54, 1.807) is 0 Å². The molecule has 1 aliphatic carbocycles. The number of nitrogens with zero attached hydrogens (tertiary/aromatic N) is 6. The van der Waals surface area contributed by atoms with E-state index in [-0.39, 0.29) is 11.6 Å². The fourth-order valence-corrected chi connectivity index (χ4v) is 6.50. The van der Waals surface area contributed by atoms with Crippen molar-refractivity contribution < 1.29 is 9.47 Å². The number of benzene rings is 1. The minimum atomic E-state index is -0.297. The van der Waals surface area contributed by atoms with Gasteiger partial charge in [0.15, 0.2) is 17.3 Å². The third kappa shape index (κ3) is 3.70. The van der Waals surface area contributed by atoms with Gasteiger partial charge in [0.25, 0.3) is 5.56 Å². The Balaban J connectivity index is 1.35. The Morgan fingerprint density at radius 2 is 1.74 bits per heavy atom. The van der Waals surface area contributed by atoms with E-state index in [1.807, 2.05) is 22.9 Å². The molecule has 10 heteroatoms. The smallest absolute Gasteiger partial charge is 0.253 e. The van der Waals surface area contributed by atoms with Crippen LogP contribution in [0.2, 0.25) is 0 Å². The Morgan fingerprint density at radius 3 is 2.60 bits per heavy atom. The Hall–Kier alpha value is -2.98. The quantitative estimate of drug-likeness (QED) is 0.611. The first-order valence-corrected chi connectivity index (χ1v) is 13.0. The number of H-pyrrole nitrogens is 1. The van der Waals surface area contributed by atoms with Crippen LogP contribution in [-0.2, 0) is 0 Å². The van der Waals surface area contributed by atoms with Crippen LogP contribution in [0, 0.1) is 0 Å². The number of rotatable bonds is 4. The summed E-state index contributed by atoms with van der Waals surface area (Å²) in [6.45, 7) is 5.03. The summed E-state index contributed by atoms with van der Waals surface area (Å²) in [5.74, 6) is 2.17. The number of hydrogen-bond donors (Lipinski definition) is 1. The van der Waals surface area contributed by atoms with Gasteiger partial charge < -0.3 is 14.5 Å². The van der Waals surface area contributed by atoms with Crippen molar-refractivity contribution in [1.82, 2.24) is 35.0 Å². The van der Waals surface area contributed by atoms with Gasteiger partial charge in [0.05, 0.1) is 11.6 Å². The summed E-state index contributed by atoms with van der Waals surface area (Å²) < 4.78 is 13.5. The molecular formula is C25H31N7O3. The summed E-state index contributed by atoms with van der Waals surface area (Å²) in [6, 6.07) is 6.37. The molecule has 184 valence electrons. The maximum atomic E-state index is 13.6. The summed E-state index contributed by atoms with van der Waals surface area (Å²) in [4.78, 5) is 21.7. The molecule has 1 N–H and O–H groups in total. The molecule has 2 atom stereocenters. The fraction of sp³-hybridized carbons (Fsp3) is 0.600. The highest BCUT2D eigenvalue weighted by Crippen LogP contribution is 2.37. The highest BCUT2D eigenvalue weighted by Gasteiger charge is 2.38. The first kappa shape index (κ1) is 21.3. The van der Waals surface area contributed by atoms with Gasteiger partial charge in [-0.3, -0.25) is 14.6 Å². The predicted octanol–water partition coefficient (Wildman–Crippen LogP) is 2.27. The second kappa shape index (κ2) is 8.60. The third-order valence-corrected chi connectivity index (χ3v) is 8.25. The standard InChI is InChI=1S/C25H31N7O3/c33-25-19(12-16-13-21-22(14-20(16)26-25)35-11-10-34-21)23(31-9-8-30-7-3-6-18(30)15-31)24-27-28-29-32(24)17-4-1-2-5-17/h12-14,17-18,23H,1-11,15H2,(H,26,33). The molecule has 35 heavy (non-hydrogen) atoms. The molecule has 3 fully saturated rings. The molecule has 0 radical (unpaired) electrons. The maximum absolute atomic E-state index is 13.6. The van der Waals surface area contributed by atoms with Crippen LogP contribution >= 0.6 is 0 Å². The van der Waals surface area contributed by atoms with Crippen LogP contribution in [0.25, 0.3) is 10.9 Å². The van der Waals surface area contributed by atoms with Crippen LogP contribution in [0.1, 0.15) is 62.0 Å². The van der Waals surface area contributed by atoms with Gasteiger partial charge in [0, 0.05) is 42.7 Å². The molecule has 10 nitrogen and oxygen atoms in total. The van der Waals surface area contributed by atoms with Crippen LogP contribution in [-0.4, -0.2) is 80.4 Å². The lowest BCUT2D eigenvalue weighted by Gasteiger charge is -2.41. The molecule has 3 aliphatic heterocycles. The molecular weight excluding hydrogens is 446 g/mol. The van der Waals surface area contributed by atoms with Crippen molar-refractivity contribution >= 4 is 10.9 Å². The van der Waals surface area contributed by atoms with Crippen LogP contribution in [0.15, 0.2) is 23.0 Å². The van der Waals surface area contributed by atoms with Crippen LogP contribution < -0.4 is 15.0 Å². The van der Waals surface area contributed by atoms with Crippen molar-refractivity contribution in [1.29, 1.82) is 0 Å². The number of tetrazole rings is 1. The normalized spacial score (nSPS) is 24.2. The van der Waals surface area contributed by atoms with Crippen molar-refractivity contribution in [3.63, 3.8) is 0 Å². The van der Waals surface area contributed by atoms with E-state index in [0.29, 0.717) is 42.4 Å². The lowest BCUT2D eigenvalue weighted by atomic mass is 10.0. The fourth-order valence-electron chi connectivity index (χ4n) is 6.50. The van der Waals surface area contributed by atoms with Gasteiger partial charge >= 0.3 is 0 Å². The molecule has 2 unspecified atom stereocenters. The Kier molecular flexibility index (Phi) is 5.24. The Morgan fingerprint density at radius 1 is 0.943 bits per heavy atom. The summed E-state index contributed by atoms with van der Waals surface area (Å²) in [7, 11) is 0. The molecule has 0 spiro atoms. The number of hydrogen-bond acceptors (Lipinski definition) is 8. The van der Waals surface area contributed by atoms with E-state index in [9.17, 15) is 4.79 Å². The first-order valence-electron chi connectivity index (χ1n) is 13.0. The first-order chi connectivity index (χ1) is 17.2. The van der Waals surface area contributed by atoms with E-state index in [2.05, 4.69) is 30.3 Å². The molecule has 0 bridgehead atoms. The summed E-state index contributed by atoms with van der Waals surface area (Å²) in [6.07, 6.45) is 7.00. The zero-order chi connectivity index (χ0) is 23.4. The number of fused-ring (bicyclic) bond motifs is 3. The monoisotopic (exact) mass is 477 g/mol. The summed E-state index contributed by atoms with van der Waals surface area (Å²) in [5.41, 5.74) is 1.33. The average molecular weight is 478 g/mol. The molecule has 7 rings (SSSR count). The van der Waals surface area contributed by atoms with Crippen molar-refractivity contribution in [3.05, 3.63) is 39.9 Å². The van der Waals surface area contributed by atoms with Gasteiger partial charge in [-0.25, -0.2) is 4.68 Å². The topological polar surface area (TPSA) is 101 Å². The molecule has 5 heterocycles. The van der Waals surface area contributed by atoms with Crippen LogP contribution in [0.3, 0.4) is 0 Å². The van der Waals surface area contributed by atoms with Gasteiger partial charge in [-0.15, -0.1) is 5.10 Å². The molecule has 1 aromatic carbocycles. The van der Waals surface area contributed by atoms with E-state index in [0.717, 1.165) is 49.2 Å². The number of pyridine rings is 1. The van der Waals surface area contributed by atoms with Gasteiger partial charge in [-0.1, -0.05) is 12.8 Å². The maximum Gasteiger partial charge on any atom is 0.253 e. The molecule has 2 aromatic heterocycles. The largest absolute Gasteiger partial charge is 0.486 e. The molecule has 4 aliphatic rings. The van der Waals surface area contributed by atoms with Gasteiger partial charge in [-0.05, 0) is 54.8 Å². The van der Waals surface area contributed by atoms with Gasteiger partial charge in [-0.2, -0.15) is 0 Å². The van der Waals surface area contributed by atoms with Gasteiger partial charge in [0.2, 0.25) is 0 Å². The van der Waals surface area contributed by atoms with Crippen molar-refractivity contribution in [2.45, 2.75) is 56.7 Å². The lowest BCUT2D eigenvalue weighted by Crippen LogP contribution is -2.52. The molecule has 1 saturated carbocycles. The molecule has 2 saturated heterocycles. The second-order valence-corrected chi connectivity index (χ2v) is 10.3. The summed E-state index contributed by atoms with van der Waals surface area (Å²) >= 11 is 0. The van der Waals surface area contributed by atoms with Crippen molar-refractivity contribution in [2.75, 3.05) is 39.4 Å². The number of aromatic nitrogens is 5. The van der Waals surface area contributed by atoms with Crippen LogP contribution in [0.5, 0.6) is 11.5 Å².